The zero-order chi connectivity index (χ0) is 9.45. The third kappa shape index (κ3) is 4.04. The summed E-state index contributed by atoms with van der Waals surface area (Å²) in [5, 5.41) is 0. The Morgan fingerprint density at radius 2 is 1.92 bits per heavy atom. The van der Waals surface area contributed by atoms with Crippen LogP contribution in [0.2, 0.25) is 0 Å². The Morgan fingerprint density at radius 1 is 1.42 bits per heavy atom. The molecular weight excluding hydrogens is 171 g/mol. The number of terminal acetylenes is 2. The van der Waals surface area contributed by atoms with Crippen molar-refractivity contribution >= 4 is 7.37 Å². The van der Waals surface area contributed by atoms with Gasteiger partial charge in [0.1, 0.15) is 0 Å². The summed E-state index contributed by atoms with van der Waals surface area (Å²) in [6.07, 6.45) is 11.7. The van der Waals surface area contributed by atoms with Gasteiger partial charge in [-0.3, -0.25) is 4.57 Å². The van der Waals surface area contributed by atoms with Gasteiger partial charge in [-0.1, -0.05) is 17.9 Å². The van der Waals surface area contributed by atoms with Gasteiger partial charge in [0.25, 0.3) is 0 Å². The highest BCUT2D eigenvalue weighted by atomic mass is 31.2. The van der Waals surface area contributed by atoms with Gasteiger partial charge < -0.3 is 4.52 Å². The highest BCUT2D eigenvalue weighted by Gasteiger charge is 2.19. The van der Waals surface area contributed by atoms with Gasteiger partial charge in [-0.05, 0) is 0 Å². The standard InChI is InChI=1S/C9H11O2P/c1-4-7-11-12(10,8-5-2)9-6-3/h2-4H,1,7-9H2. The predicted molar refractivity (Wildman–Crippen MR) is 51.2 cm³/mol. The van der Waals surface area contributed by atoms with E-state index in [0.29, 0.717) is 0 Å². The number of rotatable bonds is 5. The van der Waals surface area contributed by atoms with Crippen molar-refractivity contribution in [1.29, 1.82) is 0 Å². The van der Waals surface area contributed by atoms with Crippen molar-refractivity contribution in [3.63, 3.8) is 0 Å². The van der Waals surface area contributed by atoms with Gasteiger partial charge in [0.2, 0.25) is 7.37 Å². The van der Waals surface area contributed by atoms with Crippen molar-refractivity contribution in [2.75, 3.05) is 18.9 Å². The van der Waals surface area contributed by atoms with E-state index >= 15 is 0 Å². The number of hydrogen-bond donors (Lipinski definition) is 0. The minimum Gasteiger partial charge on any atom is -0.323 e. The highest BCUT2D eigenvalue weighted by Crippen LogP contribution is 2.45. The Balaban J connectivity index is 4.22. The Kier molecular flexibility index (Phi) is 5.22. The van der Waals surface area contributed by atoms with E-state index in [0.717, 1.165) is 0 Å². The molecule has 0 bridgehead atoms. The average Bonchev–Trinajstić information content (AvgIpc) is 2.02. The van der Waals surface area contributed by atoms with Crippen molar-refractivity contribution in [2.45, 2.75) is 0 Å². The Morgan fingerprint density at radius 3 is 2.25 bits per heavy atom. The van der Waals surface area contributed by atoms with E-state index in [1.54, 1.807) is 0 Å². The fourth-order valence-electron chi connectivity index (χ4n) is 0.614. The van der Waals surface area contributed by atoms with E-state index in [2.05, 4.69) is 18.4 Å². The summed E-state index contributed by atoms with van der Waals surface area (Å²) in [5.74, 6) is 4.57. The number of hydrogen-bond acceptors (Lipinski definition) is 2. The van der Waals surface area contributed by atoms with E-state index in [-0.39, 0.29) is 18.9 Å². The molecule has 0 heterocycles. The molecule has 0 spiro atoms. The zero-order valence-corrected chi connectivity index (χ0v) is 7.72. The Labute approximate surface area is 73.5 Å². The fourth-order valence-corrected chi connectivity index (χ4v) is 1.84. The van der Waals surface area contributed by atoms with Crippen LogP contribution in [0.15, 0.2) is 12.7 Å². The molecule has 0 aromatic carbocycles. The van der Waals surface area contributed by atoms with Crippen molar-refractivity contribution in [3.8, 4) is 24.7 Å². The van der Waals surface area contributed by atoms with Crippen LogP contribution in [0.3, 0.4) is 0 Å². The minimum atomic E-state index is -2.78. The second kappa shape index (κ2) is 5.67. The van der Waals surface area contributed by atoms with E-state index in [1.807, 2.05) is 0 Å². The molecule has 0 radical (unpaired) electrons. The predicted octanol–water partition coefficient (Wildman–Crippen LogP) is 1.73. The quantitative estimate of drug-likeness (QED) is 0.367. The average molecular weight is 182 g/mol. The lowest BCUT2D eigenvalue weighted by atomic mass is 10.7. The summed E-state index contributed by atoms with van der Waals surface area (Å²) in [5.41, 5.74) is 0. The highest BCUT2D eigenvalue weighted by molar-refractivity contribution is 7.59. The largest absolute Gasteiger partial charge is 0.323 e. The van der Waals surface area contributed by atoms with Crippen molar-refractivity contribution in [1.82, 2.24) is 0 Å². The molecule has 12 heavy (non-hydrogen) atoms. The lowest BCUT2D eigenvalue weighted by Gasteiger charge is -2.11. The summed E-state index contributed by atoms with van der Waals surface area (Å²) < 4.78 is 16.6. The maximum absolute atomic E-state index is 11.6. The molecule has 0 amide bonds. The van der Waals surface area contributed by atoms with E-state index in [1.165, 1.54) is 6.08 Å². The normalized spacial score (nSPS) is 9.83. The Bertz CT molecular complexity index is 247. The maximum Gasteiger partial charge on any atom is 0.226 e. The van der Waals surface area contributed by atoms with E-state index in [4.69, 9.17) is 17.4 Å². The summed E-state index contributed by atoms with van der Waals surface area (Å²) in [6.45, 7) is 3.66. The van der Waals surface area contributed by atoms with Gasteiger partial charge in [0, 0.05) is 0 Å². The maximum atomic E-state index is 11.6. The van der Waals surface area contributed by atoms with E-state index in [9.17, 15) is 4.57 Å². The summed E-state index contributed by atoms with van der Waals surface area (Å²) in [7, 11) is -2.78. The molecule has 64 valence electrons. The molecule has 2 nitrogen and oxygen atoms in total. The first-order valence-electron chi connectivity index (χ1n) is 3.39. The summed E-state index contributed by atoms with van der Waals surface area (Å²) in [6, 6.07) is 0. The van der Waals surface area contributed by atoms with Crippen LogP contribution in [-0.4, -0.2) is 18.9 Å². The van der Waals surface area contributed by atoms with Gasteiger partial charge in [-0.25, -0.2) is 0 Å². The molecule has 0 unspecified atom stereocenters. The molecule has 0 aromatic heterocycles. The first-order valence-corrected chi connectivity index (χ1v) is 5.38. The van der Waals surface area contributed by atoms with Crippen molar-refractivity contribution in [3.05, 3.63) is 12.7 Å². The van der Waals surface area contributed by atoms with E-state index < -0.39 is 7.37 Å². The summed E-state index contributed by atoms with van der Waals surface area (Å²) >= 11 is 0. The molecule has 0 N–H and O–H groups in total. The zero-order valence-electron chi connectivity index (χ0n) is 6.82. The second-order valence-corrected chi connectivity index (χ2v) is 4.64. The Hall–Kier alpha value is -0.950. The molecule has 0 atom stereocenters. The molecule has 0 aliphatic rings. The van der Waals surface area contributed by atoms with Crippen LogP contribution < -0.4 is 0 Å². The minimum absolute atomic E-state index is 0.0883. The van der Waals surface area contributed by atoms with Gasteiger partial charge in [0.05, 0.1) is 18.9 Å². The van der Waals surface area contributed by atoms with Crippen LogP contribution in [0, 0.1) is 24.7 Å². The third-order valence-corrected chi connectivity index (χ3v) is 3.04. The van der Waals surface area contributed by atoms with Gasteiger partial charge in [-0.15, -0.1) is 19.4 Å². The molecule has 3 heteroatoms. The molecule has 0 saturated carbocycles. The van der Waals surface area contributed by atoms with Gasteiger partial charge >= 0.3 is 0 Å². The second-order valence-electron chi connectivity index (χ2n) is 2.12. The van der Waals surface area contributed by atoms with Crippen LogP contribution in [-0.2, 0) is 9.09 Å². The summed E-state index contributed by atoms with van der Waals surface area (Å²) in [4.78, 5) is 0. The molecule has 0 aromatic rings. The first kappa shape index (κ1) is 11.1. The van der Waals surface area contributed by atoms with Crippen molar-refractivity contribution < 1.29 is 9.09 Å². The lowest BCUT2D eigenvalue weighted by Crippen LogP contribution is -1.97. The molecule has 0 fully saturated rings. The molecule has 0 aliphatic heterocycles. The fraction of sp³-hybridized carbons (Fsp3) is 0.333. The van der Waals surface area contributed by atoms with Crippen LogP contribution in [0.25, 0.3) is 0 Å². The van der Waals surface area contributed by atoms with Crippen molar-refractivity contribution in [2.24, 2.45) is 0 Å². The van der Waals surface area contributed by atoms with Crippen LogP contribution in [0.4, 0.5) is 0 Å². The van der Waals surface area contributed by atoms with Crippen LogP contribution in [0.1, 0.15) is 0 Å². The molecular formula is C9H11O2P. The SMILES string of the molecule is C#CCP(=O)(CC#C)OCC=C. The van der Waals surface area contributed by atoms with Crippen LogP contribution in [0.5, 0.6) is 0 Å². The monoisotopic (exact) mass is 182 g/mol. The van der Waals surface area contributed by atoms with Gasteiger partial charge in [0.15, 0.2) is 0 Å². The molecule has 0 aliphatic carbocycles. The van der Waals surface area contributed by atoms with Gasteiger partial charge in [-0.2, -0.15) is 0 Å². The lowest BCUT2D eigenvalue weighted by molar-refractivity contribution is 0.357. The first-order chi connectivity index (χ1) is 5.68. The molecule has 0 rings (SSSR count). The third-order valence-electron chi connectivity index (χ3n) is 1.09. The smallest absolute Gasteiger partial charge is 0.226 e. The molecule has 0 saturated heterocycles. The topological polar surface area (TPSA) is 26.3 Å². The van der Waals surface area contributed by atoms with Crippen LogP contribution >= 0.6 is 7.37 Å².